The number of hydrogen-bond acceptors (Lipinski definition) is 7. The number of rotatable bonds is 7. The van der Waals surface area contributed by atoms with Crippen molar-refractivity contribution in [1.29, 1.82) is 0 Å². The van der Waals surface area contributed by atoms with Crippen molar-refractivity contribution in [2.45, 2.75) is 19.8 Å². The molecule has 1 amide bonds. The highest BCUT2D eigenvalue weighted by Crippen LogP contribution is 2.29. The van der Waals surface area contributed by atoms with Crippen molar-refractivity contribution in [3.63, 3.8) is 0 Å². The number of methoxy groups -OCH3 is 1. The number of piperidine rings is 1. The second kappa shape index (κ2) is 9.14. The zero-order valence-corrected chi connectivity index (χ0v) is 14.9. The first-order valence-electron chi connectivity index (χ1n) is 8.45. The van der Waals surface area contributed by atoms with Gasteiger partial charge in [0.2, 0.25) is 5.91 Å². The van der Waals surface area contributed by atoms with Crippen LogP contribution in [0.2, 0.25) is 0 Å². The first-order valence-corrected chi connectivity index (χ1v) is 8.45. The third-order valence-electron chi connectivity index (χ3n) is 4.17. The maximum atomic E-state index is 12.3. The minimum atomic E-state index is -0.574. The van der Waals surface area contributed by atoms with Crippen molar-refractivity contribution in [3.8, 4) is 5.75 Å². The Balaban J connectivity index is 1.98. The Kier molecular flexibility index (Phi) is 6.90. The van der Waals surface area contributed by atoms with Crippen LogP contribution < -0.4 is 10.1 Å². The molecule has 1 aromatic carbocycles. The number of esters is 1. The van der Waals surface area contributed by atoms with Crippen molar-refractivity contribution in [1.82, 2.24) is 4.90 Å². The van der Waals surface area contributed by atoms with Crippen LogP contribution in [0.3, 0.4) is 0 Å². The molecule has 0 unspecified atom stereocenters. The minimum Gasteiger partial charge on any atom is -0.496 e. The second-order valence-electron chi connectivity index (χ2n) is 6.01. The number of hydrogen-bond donors (Lipinski definition) is 1. The molecule has 9 nitrogen and oxygen atoms in total. The van der Waals surface area contributed by atoms with Gasteiger partial charge in [0, 0.05) is 6.54 Å². The van der Waals surface area contributed by atoms with E-state index < -0.39 is 4.92 Å². The van der Waals surface area contributed by atoms with E-state index in [1.807, 2.05) is 4.90 Å². The van der Waals surface area contributed by atoms with Gasteiger partial charge >= 0.3 is 5.97 Å². The Morgan fingerprint density at radius 3 is 2.85 bits per heavy atom. The van der Waals surface area contributed by atoms with Gasteiger partial charge in [0.25, 0.3) is 5.69 Å². The van der Waals surface area contributed by atoms with Gasteiger partial charge in [-0.1, -0.05) is 0 Å². The molecule has 9 heteroatoms. The average Bonchev–Trinajstić information content (AvgIpc) is 2.62. The zero-order chi connectivity index (χ0) is 19.1. The fourth-order valence-corrected chi connectivity index (χ4v) is 2.94. The molecule has 1 fully saturated rings. The van der Waals surface area contributed by atoms with Gasteiger partial charge in [-0.05, 0) is 38.4 Å². The highest BCUT2D eigenvalue weighted by molar-refractivity contribution is 5.94. The molecule has 26 heavy (non-hydrogen) atoms. The maximum Gasteiger partial charge on any atom is 0.310 e. The van der Waals surface area contributed by atoms with E-state index in [0.717, 1.165) is 12.8 Å². The zero-order valence-electron chi connectivity index (χ0n) is 14.9. The van der Waals surface area contributed by atoms with E-state index in [4.69, 9.17) is 9.47 Å². The number of carbonyl (C=O) groups excluding carboxylic acids is 2. The number of amides is 1. The molecule has 1 aliphatic rings. The fourth-order valence-electron chi connectivity index (χ4n) is 2.94. The Morgan fingerprint density at radius 1 is 1.42 bits per heavy atom. The number of benzene rings is 1. The number of likely N-dealkylation sites (tertiary alicyclic amines) is 1. The molecular formula is C17H23N3O6. The van der Waals surface area contributed by atoms with Gasteiger partial charge in [0.05, 0.1) is 37.2 Å². The first kappa shape index (κ1) is 19.6. The lowest BCUT2D eigenvalue weighted by molar-refractivity contribution is -0.384. The van der Waals surface area contributed by atoms with E-state index in [2.05, 4.69) is 5.32 Å². The number of nitrogens with zero attached hydrogens (tertiary/aromatic N) is 2. The van der Waals surface area contributed by atoms with Gasteiger partial charge in [-0.15, -0.1) is 0 Å². The van der Waals surface area contributed by atoms with Crippen molar-refractivity contribution in [2.75, 3.05) is 38.7 Å². The Morgan fingerprint density at radius 2 is 2.19 bits per heavy atom. The van der Waals surface area contributed by atoms with Crippen molar-refractivity contribution >= 4 is 23.3 Å². The van der Waals surface area contributed by atoms with Crippen molar-refractivity contribution in [3.05, 3.63) is 28.3 Å². The number of nitro groups is 1. The standard InChI is InChI=1S/C17H23N3O6/c1-3-26-17(22)12-5-4-8-19(10-12)11-16(21)18-14-7-6-13(25-2)9-15(14)20(23)24/h6-7,9,12H,3-5,8,10-11H2,1-2H3,(H,18,21)/t12-/m1/s1. The summed E-state index contributed by atoms with van der Waals surface area (Å²) in [4.78, 5) is 36.6. The SMILES string of the molecule is CCOC(=O)[C@@H]1CCCN(CC(=O)Nc2ccc(OC)cc2[N+](=O)[O-])C1. The molecule has 0 bridgehead atoms. The molecule has 0 spiro atoms. The molecule has 2 rings (SSSR count). The number of anilines is 1. The summed E-state index contributed by atoms with van der Waals surface area (Å²) in [7, 11) is 1.41. The lowest BCUT2D eigenvalue weighted by atomic mass is 9.98. The van der Waals surface area contributed by atoms with E-state index in [9.17, 15) is 19.7 Å². The first-order chi connectivity index (χ1) is 12.4. The van der Waals surface area contributed by atoms with Crippen LogP contribution in [0.4, 0.5) is 11.4 Å². The normalized spacial score (nSPS) is 17.4. The monoisotopic (exact) mass is 365 g/mol. The Labute approximate surface area is 151 Å². The third kappa shape index (κ3) is 5.16. The van der Waals surface area contributed by atoms with Crippen LogP contribution in [0, 0.1) is 16.0 Å². The predicted octanol–water partition coefficient (Wildman–Crippen LogP) is 1.82. The number of carbonyl (C=O) groups is 2. The molecule has 0 aliphatic carbocycles. The second-order valence-corrected chi connectivity index (χ2v) is 6.01. The van der Waals surface area contributed by atoms with E-state index in [1.165, 1.54) is 19.2 Å². The smallest absolute Gasteiger partial charge is 0.310 e. The average molecular weight is 365 g/mol. The molecule has 142 valence electrons. The van der Waals surface area contributed by atoms with Gasteiger partial charge in [-0.2, -0.15) is 0 Å². The van der Waals surface area contributed by atoms with Crippen molar-refractivity contribution in [2.24, 2.45) is 5.92 Å². The molecule has 1 heterocycles. The highest BCUT2D eigenvalue weighted by Gasteiger charge is 2.28. The van der Waals surface area contributed by atoms with Crippen LogP contribution >= 0.6 is 0 Å². The van der Waals surface area contributed by atoms with Gasteiger partial charge in [-0.3, -0.25) is 24.6 Å². The number of nitrogens with one attached hydrogen (secondary N) is 1. The van der Waals surface area contributed by atoms with Crippen LogP contribution in [-0.2, 0) is 14.3 Å². The molecule has 0 aromatic heterocycles. The van der Waals surface area contributed by atoms with Gasteiger partial charge in [-0.25, -0.2) is 0 Å². The minimum absolute atomic E-state index is 0.0547. The van der Waals surface area contributed by atoms with Crippen LogP contribution in [0.1, 0.15) is 19.8 Å². The Hall–Kier alpha value is -2.68. The molecule has 1 N–H and O–H groups in total. The summed E-state index contributed by atoms with van der Waals surface area (Å²) in [5.41, 5.74) is -0.125. The largest absolute Gasteiger partial charge is 0.496 e. The van der Waals surface area contributed by atoms with Crippen molar-refractivity contribution < 1.29 is 24.0 Å². The van der Waals surface area contributed by atoms with E-state index in [0.29, 0.717) is 25.4 Å². The topological polar surface area (TPSA) is 111 Å². The van der Waals surface area contributed by atoms with E-state index in [-0.39, 0.29) is 35.7 Å². The fraction of sp³-hybridized carbons (Fsp3) is 0.529. The van der Waals surface area contributed by atoms with E-state index >= 15 is 0 Å². The molecule has 0 saturated carbocycles. The third-order valence-corrected chi connectivity index (χ3v) is 4.17. The van der Waals surface area contributed by atoms with Crippen LogP contribution in [0.5, 0.6) is 5.75 Å². The molecule has 1 aromatic rings. The molecule has 1 saturated heterocycles. The maximum absolute atomic E-state index is 12.3. The van der Waals surface area contributed by atoms with Gasteiger partial charge in [0.15, 0.2) is 0 Å². The lowest BCUT2D eigenvalue weighted by Gasteiger charge is -2.30. The predicted molar refractivity (Wildman–Crippen MR) is 94.1 cm³/mol. The summed E-state index contributed by atoms with van der Waals surface area (Å²) >= 11 is 0. The molecule has 0 radical (unpaired) electrons. The summed E-state index contributed by atoms with van der Waals surface area (Å²) in [5, 5.41) is 13.7. The quantitative estimate of drug-likeness (QED) is 0.446. The summed E-state index contributed by atoms with van der Waals surface area (Å²) in [6, 6.07) is 4.24. The summed E-state index contributed by atoms with van der Waals surface area (Å²) in [5.74, 6) is -0.527. The summed E-state index contributed by atoms with van der Waals surface area (Å²) < 4.78 is 10.0. The summed E-state index contributed by atoms with van der Waals surface area (Å²) in [6.45, 7) is 3.27. The van der Waals surface area contributed by atoms with Crippen LogP contribution in [-0.4, -0.2) is 55.1 Å². The van der Waals surface area contributed by atoms with Gasteiger partial charge in [0.1, 0.15) is 11.4 Å². The van der Waals surface area contributed by atoms with Gasteiger partial charge < -0.3 is 14.8 Å². The highest BCUT2D eigenvalue weighted by atomic mass is 16.6. The molecule has 1 atom stereocenters. The number of nitro benzene ring substituents is 1. The summed E-state index contributed by atoms with van der Waals surface area (Å²) in [6.07, 6.45) is 1.53. The van der Waals surface area contributed by atoms with Crippen LogP contribution in [0.15, 0.2) is 18.2 Å². The van der Waals surface area contributed by atoms with Crippen LogP contribution in [0.25, 0.3) is 0 Å². The van der Waals surface area contributed by atoms with E-state index in [1.54, 1.807) is 13.0 Å². The molecule has 1 aliphatic heterocycles. The lowest BCUT2D eigenvalue weighted by Crippen LogP contribution is -2.43. The Bertz CT molecular complexity index is 678. The molecular weight excluding hydrogens is 342 g/mol. The number of ether oxygens (including phenoxy) is 2.